The van der Waals surface area contributed by atoms with Crippen LogP contribution in [0.3, 0.4) is 0 Å². The Labute approximate surface area is 104 Å². The Balaban J connectivity index is 1.94. The van der Waals surface area contributed by atoms with E-state index in [9.17, 15) is 4.79 Å². The van der Waals surface area contributed by atoms with Gasteiger partial charge in [0.25, 0.3) is 5.91 Å². The molecule has 2 aliphatic heterocycles. The molecule has 4 nitrogen and oxygen atoms in total. The zero-order valence-corrected chi connectivity index (χ0v) is 11.2. The summed E-state index contributed by atoms with van der Waals surface area (Å²) in [5, 5.41) is 3.35. The van der Waals surface area contributed by atoms with E-state index < -0.39 is 5.60 Å². The van der Waals surface area contributed by atoms with E-state index in [1.54, 1.807) is 0 Å². The van der Waals surface area contributed by atoms with Gasteiger partial charge in [-0.1, -0.05) is 0 Å². The van der Waals surface area contributed by atoms with Crippen molar-refractivity contribution in [2.24, 2.45) is 0 Å². The molecule has 2 fully saturated rings. The molecule has 0 aromatic carbocycles. The first kappa shape index (κ1) is 12.8. The normalized spacial score (nSPS) is 32.8. The summed E-state index contributed by atoms with van der Waals surface area (Å²) in [7, 11) is 2.00. The summed E-state index contributed by atoms with van der Waals surface area (Å²) in [6.07, 6.45) is 3.91. The van der Waals surface area contributed by atoms with E-state index >= 15 is 0 Å². The largest absolute Gasteiger partial charge is 0.365 e. The lowest BCUT2D eigenvalue weighted by Crippen LogP contribution is -2.55. The first-order valence-electron chi connectivity index (χ1n) is 6.61. The molecule has 1 N–H and O–H groups in total. The number of rotatable bonds is 2. The maximum atomic E-state index is 12.4. The molecule has 2 heterocycles. The molecule has 2 rings (SSSR count). The molecule has 0 aromatic rings. The zero-order valence-electron chi connectivity index (χ0n) is 11.2. The fourth-order valence-electron chi connectivity index (χ4n) is 2.74. The predicted molar refractivity (Wildman–Crippen MR) is 66.9 cm³/mol. The molecular formula is C13H24N2O2. The van der Waals surface area contributed by atoms with Crippen molar-refractivity contribution in [3.8, 4) is 0 Å². The van der Waals surface area contributed by atoms with Gasteiger partial charge in [0.05, 0.1) is 0 Å². The highest BCUT2D eigenvalue weighted by Gasteiger charge is 2.42. The third-order valence-electron chi connectivity index (χ3n) is 4.43. The van der Waals surface area contributed by atoms with Crippen LogP contribution in [0.5, 0.6) is 0 Å². The molecule has 1 amide bonds. The monoisotopic (exact) mass is 240 g/mol. The number of carbonyl (C=O) groups is 1. The minimum Gasteiger partial charge on any atom is -0.365 e. The van der Waals surface area contributed by atoms with Crippen LogP contribution in [0.4, 0.5) is 0 Å². The van der Waals surface area contributed by atoms with E-state index in [0.717, 1.165) is 45.4 Å². The number of nitrogens with zero attached hydrogens (tertiary/aromatic N) is 1. The average molecular weight is 240 g/mol. The van der Waals surface area contributed by atoms with Gasteiger partial charge in [-0.2, -0.15) is 0 Å². The standard InChI is InChI=1S/C13H24N2O2/c1-12(14-3)6-8-15(9-7-12)11(16)13(2)5-4-10-17-13/h14H,4-10H2,1-3H3. The molecule has 2 saturated heterocycles. The van der Waals surface area contributed by atoms with Crippen LogP contribution in [0.1, 0.15) is 39.5 Å². The molecule has 4 heteroatoms. The van der Waals surface area contributed by atoms with Crippen molar-refractivity contribution in [1.29, 1.82) is 0 Å². The van der Waals surface area contributed by atoms with Crippen molar-refractivity contribution < 1.29 is 9.53 Å². The highest BCUT2D eigenvalue weighted by atomic mass is 16.5. The lowest BCUT2D eigenvalue weighted by molar-refractivity contribution is -0.152. The molecule has 0 spiro atoms. The van der Waals surface area contributed by atoms with Crippen LogP contribution in [0.15, 0.2) is 0 Å². The molecule has 1 atom stereocenters. The van der Waals surface area contributed by atoms with Gasteiger partial charge < -0.3 is 15.0 Å². The highest BCUT2D eigenvalue weighted by Crippen LogP contribution is 2.30. The topological polar surface area (TPSA) is 41.6 Å². The third-order valence-corrected chi connectivity index (χ3v) is 4.43. The number of piperidine rings is 1. The van der Waals surface area contributed by atoms with Gasteiger partial charge in [-0.3, -0.25) is 4.79 Å². The van der Waals surface area contributed by atoms with E-state index in [4.69, 9.17) is 4.74 Å². The van der Waals surface area contributed by atoms with Crippen molar-refractivity contribution in [3.05, 3.63) is 0 Å². The first-order valence-corrected chi connectivity index (χ1v) is 6.61. The summed E-state index contributed by atoms with van der Waals surface area (Å²) in [6.45, 7) is 6.57. The number of amides is 1. The Hall–Kier alpha value is -0.610. The maximum absolute atomic E-state index is 12.4. The van der Waals surface area contributed by atoms with Crippen LogP contribution < -0.4 is 5.32 Å². The summed E-state index contributed by atoms with van der Waals surface area (Å²) in [5.74, 6) is 0.188. The Morgan fingerprint density at radius 3 is 2.35 bits per heavy atom. The number of hydrogen-bond donors (Lipinski definition) is 1. The van der Waals surface area contributed by atoms with E-state index in [0.29, 0.717) is 0 Å². The molecule has 0 bridgehead atoms. The van der Waals surface area contributed by atoms with Crippen molar-refractivity contribution >= 4 is 5.91 Å². The molecule has 0 saturated carbocycles. The zero-order chi connectivity index (χ0) is 12.5. The lowest BCUT2D eigenvalue weighted by Gasteiger charge is -2.41. The van der Waals surface area contributed by atoms with Gasteiger partial charge in [0.2, 0.25) is 0 Å². The van der Waals surface area contributed by atoms with E-state index in [2.05, 4.69) is 12.2 Å². The third kappa shape index (κ3) is 2.47. The quantitative estimate of drug-likeness (QED) is 0.787. The van der Waals surface area contributed by atoms with Crippen LogP contribution in [0.2, 0.25) is 0 Å². The van der Waals surface area contributed by atoms with E-state index in [1.807, 2.05) is 18.9 Å². The SMILES string of the molecule is CNC1(C)CCN(C(=O)C2(C)CCCO2)CC1. The summed E-state index contributed by atoms with van der Waals surface area (Å²) in [4.78, 5) is 14.4. The molecule has 17 heavy (non-hydrogen) atoms. The Morgan fingerprint density at radius 1 is 1.24 bits per heavy atom. The fourth-order valence-corrected chi connectivity index (χ4v) is 2.74. The molecular weight excluding hydrogens is 216 g/mol. The summed E-state index contributed by atoms with van der Waals surface area (Å²) in [6, 6.07) is 0. The van der Waals surface area contributed by atoms with Crippen LogP contribution in [-0.4, -0.2) is 48.7 Å². The number of ether oxygens (including phenoxy) is 1. The number of nitrogens with one attached hydrogen (secondary N) is 1. The molecule has 98 valence electrons. The van der Waals surface area contributed by atoms with Crippen LogP contribution in [-0.2, 0) is 9.53 Å². The van der Waals surface area contributed by atoms with Crippen molar-refractivity contribution in [3.63, 3.8) is 0 Å². The van der Waals surface area contributed by atoms with Gasteiger partial charge >= 0.3 is 0 Å². The van der Waals surface area contributed by atoms with Crippen molar-refractivity contribution in [2.45, 2.75) is 50.7 Å². The fraction of sp³-hybridized carbons (Fsp3) is 0.923. The second-order valence-corrected chi connectivity index (χ2v) is 5.79. The molecule has 0 aliphatic carbocycles. The van der Waals surface area contributed by atoms with Gasteiger partial charge in [0.1, 0.15) is 5.60 Å². The second-order valence-electron chi connectivity index (χ2n) is 5.79. The van der Waals surface area contributed by atoms with Crippen molar-refractivity contribution in [2.75, 3.05) is 26.7 Å². The second kappa shape index (κ2) is 4.58. The minimum atomic E-state index is -0.548. The van der Waals surface area contributed by atoms with E-state index in [1.165, 1.54) is 0 Å². The van der Waals surface area contributed by atoms with Gasteiger partial charge in [-0.15, -0.1) is 0 Å². The average Bonchev–Trinajstić information content (AvgIpc) is 2.78. The molecule has 2 aliphatic rings. The summed E-state index contributed by atoms with van der Waals surface area (Å²) in [5.41, 5.74) is -0.360. The van der Waals surface area contributed by atoms with Gasteiger partial charge in [-0.05, 0) is 46.6 Å². The van der Waals surface area contributed by atoms with Crippen molar-refractivity contribution in [1.82, 2.24) is 10.2 Å². The number of hydrogen-bond acceptors (Lipinski definition) is 3. The number of likely N-dealkylation sites (tertiary alicyclic amines) is 1. The highest BCUT2D eigenvalue weighted by molar-refractivity contribution is 5.85. The Bertz CT molecular complexity index is 290. The van der Waals surface area contributed by atoms with Gasteiger partial charge in [0, 0.05) is 25.2 Å². The van der Waals surface area contributed by atoms with Crippen LogP contribution >= 0.6 is 0 Å². The van der Waals surface area contributed by atoms with E-state index in [-0.39, 0.29) is 11.4 Å². The summed E-state index contributed by atoms with van der Waals surface area (Å²) < 4.78 is 5.63. The smallest absolute Gasteiger partial charge is 0.254 e. The van der Waals surface area contributed by atoms with Gasteiger partial charge in [0.15, 0.2) is 0 Å². The number of carbonyl (C=O) groups excluding carboxylic acids is 1. The maximum Gasteiger partial charge on any atom is 0.254 e. The first-order chi connectivity index (χ1) is 7.99. The Kier molecular flexibility index (Phi) is 3.46. The predicted octanol–water partition coefficient (Wildman–Crippen LogP) is 1.16. The Morgan fingerprint density at radius 2 is 1.88 bits per heavy atom. The van der Waals surface area contributed by atoms with Crippen LogP contribution in [0.25, 0.3) is 0 Å². The molecule has 0 radical (unpaired) electrons. The van der Waals surface area contributed by atoms with Gasteiger partial charge in [-0.25, -0.2) is 0 Å². The minimum absolute atomic E-state index is 0.188. The van der Waals surface area contributed by atoms with Crippen LogP contribution in [0, 0.1) is 0 Å². The molecule has 1 unspecified atom stereocenters. The lowest BCUT2D eigenvalue weighted by atomic mass is 9.88. The molecule has 0 aromatic heterocycles. The summed E-state index contributed by atoms with van der Waals surface area (Å²) >= 11 is 0.